The number of hydrogen-bond acceptors (Lipinski definition) is 5. The molecule has 0 radical (unpaired) electrons. The number of carbonyl (C=O) groups excluding carboxylic acids is 2. The van der Waals surface area contributed by atoms with Crippen LogP contribution in [0.4, 0.5) is 20.2 Å². The van der Waals surface area contributed by atoms with E-state index < -0.39 is 29.7 Å². The summed E-state index contributed by atoms with van der Waals surface area (Å²) in [5, 5.41) is 25.7. The number of aryl methyl sites for hydroxylation is 2. The maximum Gasteiger partial charge on any atom is 0.287 e. The van der Waals surface area contributed by atoms with Crippen molar-refractivity contribution in [2.24, 2.45) is 14.1 Å². The molecular formula is C17H21F2N7O4. The predicted octanol–water partition coefficient (Wildman–Crippen LogP) is 1.48. The number of carbonyl (C=O) groups is 2. The van der Waals surface area contributed by atoms with E-state index in [0.717, 1.165) is 6.07 Å². The molecule has 2 heterocycles. The molecule has 0 saturated heterocycles. The van der Waals surface area contributed by atoms with E-state index in [9.17, 15) is 28.5 Å². The summed E-state index contributed by atoms with van der Waals surface area (Å²) >= 11 is 0. The first-order valence-corrected chi connectivity index (χ1v) is 8.74. The lowest BCUT2D eigenvalue weighted by Crippen LogP contribution is -2.33. The van der Waals surface area contributed by atoms with Crippen molar-refractivity contribution in [1.82, 2.24) is 19.8 Å². The Hall–Kier alpha value is -3.77. The molecule has 2 rings (SSSR count). The summed E-state index contributed by atoms with van der Waals surface area (Å²) in [4.78, 5) is 34.9. The summed E-state index contributed by atoms with van der Waals surface area (Å²) < 4.78 is 26.9. The van der Waals surface area contributed by atoms with Gasteiger partial charge in [-0.15, -0.1) is 0 Å². The molecule has 30 heavy (non-hydrogen) atoms. The first-order chi connectivity index (χ1) is 14.1. The van der Waals surface area contributed by atoms with Crippen molar-refractivity contribution in [2.75, 3.05) is 18.4 Å². The quantitative estimate of drug-likeness (QED) is 0.208. The fourth-order valence-electron chi connectivity index (χ4n) is 2.61. The van der Waals surface area contributed by atoms with Gasteiger partial charge < -0.3 is 25.1 Å². The molecule has 0 atom stereocenters. The van der Waals surface area contributed by atoms with Crippen LogP contribution in [-0.4, -0.2) is 51.2 Å². The van der Waals surface area contributed by atoms with Crippen LogP contribution in [0.25, 0.3) is 0 Å². The van der Waals surface area contributed by atoms with E-state index in [0.29, 0.717) is 5.69 Å². The van der Waals surface area contributed by atoms with E-state index in [1.54, 1.807) is 7.05 Å². The van der Waals surface area contributed by atoms with Gasteiger partial charge in [-0.3, -0.25) is 25.1 Å². The van der Waals surface area contributed by atoms with Crippen LogP contribution < -0.4 is 16.0 Å². The Kier molecular flexibility index (Phi) is 7.22. The molecule has 2 aromatic heterocycles. The molecular weight excluding hydrogens is 404 g/mol. The maximum atomic E-state index is 12.4. The van der Waals surface area contributed by atoms with E-state index in [4.69, 9.17) is 5.41 Å². The van der Waals surface area contributed by atoms with E-state index in [2.05, 4.69) is 16.0 Å². The lowest BCUT2D eigenvalue weighted by molar-refractivity contribution is -0.384. The van der Waals surface area contributed by atoms with Gasteiger partial charge in [-0.25, -0.2) is 8.78 Å². The van der Waals surface area contributed by atoms with Gasteiger partial charge in [0.15, 0.2) is 0 Å². The molecule has 0 spiro atoms. The largest absolute Gasteiger partial charge is 0.368 e. The average molecular weight is 425 g/mol. The highest BCUT2D eigenvalue weighted by molar-refractivity contribution is 6.04. The highest BCUT2D eigenvalue weighted by Gasteiger charge is 2.19. The lowest BCUT2D eigenvalue weighted by Gasteiger charge is -2.08. The number of anilines is 1. The zero-order valence-electron chi connectivity index (χ0n) is 16.2. The minimum absolute atomic E-state index is 0.0543. The summed E-state index contributed by atoms with van der Waals surface area (Å²) in [6, 6.07) is 2.56. The minimum atomic E-state index is -2.57. The van der Waals surface area contributed by atoms with E-state index >= 15 is 0 Å². The number of nitro groups is 1. The number of amidine groups is 1. The molecule has 4 N–H and O–H groups in total. The van der Waals surface area contributed by atoms with Crippen LogP contribution in [0.1, 0.15) is 27.4 Å². The number of rotatable bonds is 9. The predicted molar refractivity (Wildman–Crippen MR) is 104 cm³/mol. The zero-order chi connectivity index (χ0) is 22.4. The van der Waals surface area contributed by atoms with Gasteiger partial charge in [-0.1, -0.05) is 0 Å². The highest BCUT2D eigenvalue weighted by Crippen LogP contribution is 2.18. The van der Waals surface area contributed by atoms with Crippen LogP contribution in [-0.2, 0) is 14.1 Å². The first kappa shape index (κ1) is 22.5. The summed E-state index contributed by atoms with van der Waals surface area (Å²) in [6.45, 7) is -0.564. The van der Waals surface area contributed by atoms with Crippen LogP contribution in [0, 0.1) is 15.5 Å². The molecule has 0 fully saturated rings. The van der Waals surface area contributed by atoms with Gasteiger partial charge >= 0.3 is 0 Å². The number of alkyl halides is 2. The van der Waals surface area contributed by atoms with Crippen LogP contribution >= 0.6 is 0 Å². The molecule has 11 nitrogen and oxygen atoms in total. The number of nitrogens with zero attached hydrogens (tertiary/aromatic N) is 3. The Balaban J connectivity index is 1.94. The van der Waals surface area contributed by atoms with Crippen molar-refractivity contribution in [1.29, 1.82) is 5.41 Å². The fourth-order valence-corrected chi connectivity index (χ4v) is 2.61. The third kappa shape index (κ3) is 5.86. The molecule has 0 aliphatic carbocycles. The molecule has 0 bridgehead atoms. The van der Waals surface area contributed by atoms with E-state index in [1.807, 2.05) is 0 Å². The Morgan fingerprint density at radius 1 is 1.13 bits per heavy atom. The summed E-state index contributed by atoms with van der Waals surface area (Å²) in [5.41, 5.74) is 0.383. The van der Waals surface area contributed by atoms with Crippen molar-refractivity contribution in [3.05, 3.63) is 46.0 Å². The molecule has 0 aliphatic rings. The molecule has 2 aromatic rings. The van der Waals surface area contributed by atoms with E-state index in [1.165, 1.54) is 34.6 Å². The highest BCUT2D eigenvalue weighted by atomic mass is 19.3. The molecule has 0 aromatic carbocycles. The van der Waals surface area contributed by atoms with Crippen LogP contribution in [0.3, 0.4) is 0 Å². The molecule has 162 valence electrons. The summed E-state index contributed by atoms with van der Waals surface area (Å²) in [5.74, 6) is -1.18. The molecule has 13 heteroatoms. The van der Waals surface area contributed by atoms with Crippen molar-refractivity contribution in [3.8, 4) is 0 Å². The van der Waals surface area contributed by atoms with Crippen molar-refractivity contribution >= 4 is 29.0 Å². The minimum Gasteiger partial charge on any atom is -0.368 e. The van der Waals surface area contributed by atoms with Gasteiger partial charge in [-0.05, 0) is 6.07 Å². The van der Waals surface area contributed by atoms with Gasteiger partial charge in [0.25, 0.3) is 23.9 Å². The third-order valence-corrected chi connectivity index (χ3v) is 4.06. The molecule has 2 amide bonds. The standard InChI is InChI=1S/C17H21F2N7O4/c1-24-8-10(23-17(28)13-6-11(26(29)30)9-25(13)2)5-12(24)16(27)21-4-3-15(20)22-7-14(18)19/h5-6,8-9,14H,3-4,7H2,1-2H3,(H2,20,22)(H,21,27)(H,23,28). The third-order valence-electron chi connectivity index (χ3n) is 4.06. The van der Waals surface area contributed by atoms with Gasteiger partial charge in [-0.2, -0.15) is 0 Å². The van der Waals surface area contributed by atoms with Crippen LogP contribution in [0.2, 0.25) is 0 Å². The topological polar surface area (TPSA) is 147 Å². The molecule has 0 aliphatic heterocycles. The number of nitrogens with one attached hydrogen (secondary N) is 4. The first-order valence-electron chi connectivity index (χ1n) is 8.74. The second-order valence-corrected chi connectivity index (χ2v) is 6.39. The zero-order valence-corrected chi connectivity index (χ0v) is 16.2. The Bertz CT molecular complexity index is 967. The second kappa shape index (κ2) is 9.62. The molecule has 0 saturated carbocycles. The van der Waals surface area contributed by atoms with Crippen LogP contribution in [0.15, 0.2) is 24.5 Å². The summed E-state index contributed by atoms with van der Waals surface area (Å²) in [6.07, 6.45) is 0.195. The van der Waals surface area contributed by atoms with Gasteiger partial charge in [0, 0.05) is 39.3 Å². The Morgan fingerprint density at radius 3 is 2.37 bits per heavy atom. The number of amides is 2. The van der Waals surface area contributed by atoms with E-state index in [-0.39, 0.29) is 35.9 Å². The lowest BCUT2D eigenvalue weighted by atomic mass is 10.3. The monoisotopic (exact) mass is 425 g/mol. The molecule has 0 unspecified atom stereocenters. The Morgan fingerprint density at radius 2 is 1.77 bits per heavy atom. The van der Waals surface area contributed by atoms with Gasteiger partial charge in [0.2, 0.25) is 0 Å². The second-order valence-electron chi connectivity index (χ2n) is 6.39. The Labute approximate surface area is 169 Å². The van der Waals surface area contributed by atoms with Gasteiger partial charge in [0.1, 0.15) is 11.4 Å². The van der Waals surface area contributed by atoms with Crippen molar-refractivity contribution in [3.63, 3.8) is 0 Å². The SMILES string of the molecule is Cn1cc(NC(=O)c2cc([N+](=O)[O-])cn2C)cc1C(=O)NCCC(=N)NCC(F)F. The van der Waals surface area contributed by atoms with Crippen LogP contribution in [0.5, 0.6) is 0 Å². The van der Waals surface area contributed by atoms with Crippen molar-refractivity contribution in [2.45, 2.75) is 12.8 Å². The van der Waals surface area contributed by atoms with Crippen molar-refractivity contribution < 1.29 is 23.3 Å². The smallest absolute Gasteiger partial charge is 0.287 e. The average Bonchev–Trinajstić information content (AvgIpc) is 3.22. The fraction of sp³-hybridized carbons (Fsp3) is 0.353. The number of hydrogen-bond donors (Lipinski definition) is 4. The van der Waals surface area contributed by atoms with Gasteiger partial charge in [0.05, 0.1) is 29.2 Å². The number of halogens is 2. The maximum absolute atomic E-state index is 12.4. The summed E-state index contributed by atoms with van der Waals surface area (Å²) in [7, 11) is 3.09. The number of aromatic nitrogens is 2. The normalized spacial score (nSPS) is 10.7.